The maximum absolute atomic E-state index is 12.0. The molecule has 2 atom stereocenters. The molecule has 1 aromatic carbocycles. The number of rotatable bonds is 6. The van der Waals surface area contributed by atoms with Gasteiger partial charge in [-0.2, -0.15) is 0 Å². The van der Waals surface area contributed by atoms with Gasteiger partial charge in [0.15, 0.2) is 0 Å². The molecular formula is C17H27ClN4O2. The second-order valence-corrected chi connectivity index (χ2v) is 5.98. The van der Waals surface area contributed by atoms with Gasteiger partial charge < -0.3 is 21.3 Å². The summed E-state index contributed by atoms with van der Waals surface area (Å²) in [5.41, 5.74) is 0.697. The number of benzene rings is 1. The monoisotopic (exact) mass is 354 g/mol. The molecule has 1 fully saturated rings. The van der Waals surface area contributed by atoms with Crippen molar-refractivity contribution in [3.05, 3.63) is 30.3 Å². The molecule has 0 aromatic heterocycles. The largest absolute Gasteiger partial charge is 0.354 e. The number of amides is 3. The standard InChI is InChI=1S/C17H26N4O2.ClH/c1-13(20-17(23)21-15-7-3-2-4-8-15)16(22)19-11-9-14-6-5-10-18-12-14;/h2-4,7-8,13-14,18H,5-6,9-12H2,1H3,(H,19,22)(H2,20,21,23);1H. The third-order valence-electron chi connectivity index (χ3n) is 4.02. The lowest BCUT2D eigenvalue weighted by Crippen LogP contribution is -2.46. The minimum absolute atomic E-state index is 0. The summed E-state index contributed by atoms with van der Waals surface area (Å²) in [5.74, 6) is 0.477. The highest BCUT2D eigenvalue weighted by atomic mass is 35.5. The molecule has 0 radical (unpaired) electrons. The van der Waals surface area contributed by atoms with E-state index < -0.39 is 6.04 Å². The van der Waals surface area contributed by atoms with Gasteiger partial charge >= 0.3 is 6.03 Å². The Hall–Kier alpha value is -1.79. The predicted octanol–water partition coefficient (Wildman–Crippen LogP) is 2.12. The topological polar surface area (TPSA) is 82.3 Å². The lowest BCUT2D eigenvalue weighted by atomic mass is 9.96. The van der Waals surface area contributed by atoms with Crippen LogP contribution >= 0.6 is 12.4 Å². The van der Waals surface area contributed by atoms with Crippen molar-refractivity contribution in [1.82, 2.24) is 16.0 Å². The molecule has 2 unspecified atom stereocenters. The van der Waals surface area contributed by atoms with Gasteiger partial charge in [0.1, 0.15) is 6.04 Å². The third-order valence-corrected chi connectivity index (χ3v) is 4.02. The van der Waals surface area contributed by atoms with Gasteiger partial charge in [-0.15, -0.1) is 12.4 Å². The Morgan fingerprint density at radius 3 is 2.71 bits per heavy atom. The molecule has 1 aliphatic rings. The van der Waals surface area contributed by atoms with Crippen molar-refractivity contribution < 1.29 is 9.59 Å². The van der Waals surface area contributed by atoms with Crippen LogP contribution in [-0.2, 0) is 4.79 Å². The molecule has 0 saturated carbocycles. The van der Waals surface area contributed by atoms with E-state index in [0.717, 1.165) is 19.5 Å². The summed E-state index contributed by atoms with van der Waals surface area (Å²) in [4.78, 5) is 23.8. The van der Waals surface area contributed by atoms with Crippen LogP contribution in [0.25, 0.3) is 0 Å². The molecule has 1 aliphatic heterocycles. The first-order valence-corrected chi connectivity index (χ1v) is 8.26. The Kier molecular flexibility index (Phi) is 9.19. The average Bonchev–Trinajstić information content (AvgIpc) is 2.56. The number of nitrogens with one attached hydrogen (secondary N) is 4. The first kappa shape index (κ1) is 20.3. The molecule has 24 heavy (non-hydrogen) atoms. The quantitative estimate of drug-likeness (QED) is 0.631. The SMILES string of the molecule is CC(NC(=O)Nc1ccccc1)C(=O)NCCC1CCCNC1.Cl. The zero-order chi connectivity index (χ0) is 16.5. The molecule has 4 N–H and O–H groups in total. The van der Waals surface area contributed by atoms with Crippen LogP contribution in [0.5, 0.6) is 0 Å². The van der Waals surface area contributed by atoms with Crippen LogP contribution in [0, 0.1) is 5.92 Å². The fraction of sp³-hybridized carbons (Fsp3) is 0.529. The van der Waals surface area contributed by atoms with E-state index in [-0.39, 0.29) is 24.3 Å². The van der Waals surface area contributed by atoms with E-state index in [2.05, 4.69) is 21.3 Å². The highest BCUT2D eigenvalue weighted by molar-refractivity contribution is 5.93. The molecule has 7 heteroatoms. The molecule has 1 saturated heterocycles. The third kappa shape index (κ3) is 7.19. The minimum atomic E-state index is -0.566. The van der Waals surface area contributed by atoms with E-state index in [9.17, 15) is 9.59 Å². The first-order valence-electron chi connectivity index (χ1n) is 8.26. The van der Waals surface area contributed by atoms with E-state index in [4.69, 9.17) is 0 Å². The molecule has 0 bridgehead atoms. The van der Waals surface area contributed by atoms with Crippen molar-refractivity contribution in [2.75, 3.05) is 25.0 Å². The number of carbonyl (C=O) groups excluding carboxylic acids is 2. The zero-order valence-electron chi connectivity index (χ0n) is 14.0. The number of halogens is 1. The average molecular weight is 355 g/mol. The highest BCUT2D eigenvalue weighted by Crippen LogP contribution is 2.12. The van der Waals surface area contributed by atoms with Crippen LogP contribution in [0.4, 0.5) is 10.5 Å². The van der Waals surface area contributed by atoms with Crippen LogP contribution in [0.2, 0.25) is 0 Å². The second-order valence-electron chi connectivity index (χ2n) is 5.98. The number of urea groups is 1. The number of para-hydroxylation sites is 1. The molecular weight excluding hydrogens is 328 g/mol. The van der Waals surface area contributed by atoms with E-state index in [1.165, 1.54) is 12.8 Å². The second kappa shape index (κ2) is 10.9. The summed E-state index contributed by atoms with van der Waals surface area (Å²) in [6.07, 6.45) is 3.40. The maximum Gasteiger partial charge on any atom is 0.319 e. The van der Waals surface area contributed by atoms with E-state index in [0.29, 0.717) is 18.2 Å². The summed E-state index contributed by atoms with van der Waals surface area (Å²) in [5, 5.41) is 11.6. The van der Waals surface area contributed by atoms with Crippen molar-refractivity contribution in [3.8, 4) is 0 Å². The Labute approximate surface area is 149 Å². The van der Waals surface area contributed by atoms with Crippen LogP contribution in [0.3, 0.4) is 0 Å². The van der Waals surface area contributed by atoms with Gasteiger partial charge in [-0.1, -0.05) is 18.2 Å². The van der Waals surface area contributed by atoms with Crippen molar-refractivity contribution in [1.29, 1.82) is 0 Å². The molecule has 0 spiro atoms. The Bertz CT molecular complexity index is 507. The van der Waals surface area contributed by atoms with E-state index in [1.807, 2.05) is 18.2 Å². The van der Waals surface area contributed by atoms with Gasteiger partial charge in [0.2, 0.25) is 5.91 Å². The van der Waals surface area contributed by atoms with Gasteiger partial charge in [0.25, 0.3) is 0 Å². The lowest BCUT2D eigenvalue weighted by molar-refractivity contribution is -0.122. The smallest absolute Gasteiger partial charge is 0.319 e. The van der Waals surface area contributed by atoms with Gasteiger partial charge in [-0.25, -0.2) is 4.79 Å². The van der Waals surface area contributed by atoms with Crippen LogP contribution in [0.1, 0.15) is 26.2 Å². The summed E-state index contributed by atoms with van der Waals surface area (Å²) in [6.45, 7) is 4.46. The zero-order valence-corrected chi connectivity index (χ0v) is 14.8. The Morgan fingerprint density at radius 1 is 1.29 bits per heavy atom. The van der Waals surface area contributed by atoms with Gasteiger partial charge in [0, 0.05) is 12.2 Å². The van der Waals surface area contributed by atoms with Gasteiger partial charge in [-0.3, -0.25) is 4.79 Å². The van der Waals surface area contributed by atoms with Crippen LogP contribution in [-0.4, -0.2) is 37.6 Å². The number of piperidine rings is 1. The minimum Gasteiger partial charge on any atom is -0.354 e. The van der Waals surface area contributed by atoms with E-state index in [1.54, 1.807) is 19.1 Å². The number of hydrogen-bond acceptors (Lipinski definition) is 3. The molecule has 0 aliphatic carbocycles. The first-order chi connectivity index (χ1) is 11.1. The van der Waals surface area contributed by atoms with Crippen molar-refractivity contribution in [3.63, 3.8) is 0 Å². The molecule has 1 heterocycles. The van der Waals surface area contributed by atoms with Crippen LogP contribution < -0.4 is 21.3 Å². The fourth-order valence-electron chi connectivity index (χ4n) is 2.67. The van der Waals surface area contributed by atoms with Gasteiger partial charge in [0.05, 0.1) is 0 Å². The Morgan fingerprint density at radius 2 is 2.04 bits per heavy atom. The summed E-state index contributed by atoms with van der Waals surface area (Å²) >= 11 is 0. The highest BCUT2D eigenvalue weighted by Gasteiger charge is 2.17. The maximum atomic E-state index is 12.0. The van der Waals surface area contributed by atoms with Gasteiger partial charge in [-0.05, 0) is 57.3 Å². The molecule has 134 valence electrons. The number of anilines is 1. The molecule has 6 nitrogen and oxygen atoms in total. The number of carbonyl (C=O) groups is 2. The van der Waals surface area contributed by atoms with Crippen molar-refractivity contribution in [2.45, 2.75) is 32.2 Å². The lowest BCUT2D eigenvalue weighted by Gasteiger charge is -2.23. The van der Waals surface area contributed by atoms with Crippen molar-refractivity contribution in [2.24, 2.45) is 5.92 Å². The fourth-order valence-corrected chi connectivity index (χ4v) is 2.67. The normalized spacial score (nSPS) is 18.0. The van der Waals surface area contributed by atoms with Crippen molar-refractivity contribution >= 4 is 30.0 Å². The molecule has 2 rings (SSSR count). The van der Waals surface area contributed by atoms with E-state index >= 15 is 0 Å². The predicted molar refractivity (Wildman–Crippen MR) is 98.5 cm³/mol. The molecule has 3 amide bonds. The van der Waals surface area contributed by atoms with Crippen LogP contribution in [0.15, 0.2) is 30.3 Å². The Balaban J connectivity index is 0.00000288. The molecule has 1 aromatic rings. The summed E-state index contributed by atoms with van der Waals surface area (Å²) in [7, 11) is 0. The summed E-state index contributed by atoms with van der Waals surface area (Å²) in [6, 6.07) is 8.20. The number of hydrogen-bond donors (Lipinski definition) is 4. The summed E-state index contributed by atoms with van der Waals surface area (Å²) < 4.78 is 0.